The number of hydrogen-bond donors (Lipinski definition) is 1. The Balaban J connectivity index is 1.51. The van der Waals surface area contributed by atoms with E-state index in [1.165, 1.54) is 0 Å². The normalized spacial score (nSPS) is 15.4. The van der Waals surface area contributed by atoms with E-state index < -0.39 is 6.04 Å². The molecule has 0 saturated carbocycles. The van der Waals surface area contributed by atoms with Crippen LogP contribution in [0, 0.1) is 5.92 Å². The van der Waals surface area contributed by atoms with Crippen molar-refractivity contribution in [3.8, 4) is 11.5 Å². The van der Waals surface area contributed by atoms with Crippen molar-refractivity contribution in [2.75, 3.05) is 19.5 Å². The van der Waals surface area contributed by atoms with Gasteiger partial charge in [-0.2, -0.15) is 0 Å². The minimum Gasteiger partial charge on any atom is -0.497 e. The number of methoxy groups -OCH3 is 2. The third kappa shape index (κ3) is 5.98. The molecule has 2 amide bonds. The minimum absolute atomic E-state index is 0.0362. The lowest BCUT2D eigenvalue weighted by Crippen LogP contribution is -2.52. The summed E-state index contributed by atoms with van der Waals surface area (Å²) in [6, 6.07) is 21.8. The number of ether oxygens (including phenoxy) is 2. The molecule has 9 heteroatoms. The summed E-state index contributed by atoms with van der Waals surface area (Å²) in [6.07, 6.45) is 6.56. The standard InChI is InChI=1S/C31H33N5O4/c1-39-24-17-18-26(28(19-24)40-2)32-31(38)30(23-13-7-4-8-14-23)35(20-22-11-5-3-6-12-22)29(37)21-36-27-16-10-9-15-25(27)33-34-36/h3-7,9-12,15-19,23,30H,8,13-14,20-21H2,1-2H3,(H,32,38). The van der Waals surface area contributed by atoms with Crippen molar-refractivity contribution in [3.63, 3.8) is 0 Å². The van der Waals surface area contributed by atoms with Gasteiger partial charge in [-0.3, -0.25) is 9.59 Å². The van der Waals surface area contributed by atoms with Gasteiger partial charge in [0.25, 0.3) is 0 Å². The van der Waals surface area contributed by atoms with Crippen LogP contribution in [0.5, 0.6) is 11.5 Å². The summed E-state index contributed by atoms with van der Waals surface area (Å²) in [5.41, 5.74) is 2.92. The Labute approximate surface area is 233 Å². The number of benzene rings is 3. The van der Waals surface area contributed by atoms with Crippen LogP contribution in [0.2, 0.25) is 0 Å². The number of nitrogens with one attached hydrogen (secondary N) is 1. The monoisotopic (exact) mass is 539 g/mol. The highest BCUT2D eigenvalue weighted by Crippen LogP contribution is 2.32. The number of nitrogens with zero attached hydrogens (tertiary/aromatic N) is 4. The number of para-hydroxylation sites is 1. The second kappa shape index (κ2) is 12.5. The molecule has 0 fully saturated rings. The highest BCUT2D eigenvalue weighted by atomic mass is 16.5. The smallest absolute Gasteiger partial charge is 0.247 e. The first-order chi connectivity index (χ1) is 19.6. The first kappa shape index (κ1) is 26.9. The van der Waals surface area contributed by atoms with E-state index in [2.05, 4.69) is 27.8 Å². The zero-order valence-electron chi connectivity index (χ0n) is 22.7. The fourth-order valence-corrected chi connectivity index (χ4v) is 5.20. The second-order valence-electron chi connectivity index (χ2n) is 9.79. The third-order valence-corrected chi connectivity index (χ3v) is 7.25. The van der Waals surface area contributed by atoms with E-state index in [0.29, 0.717) is 29.1 Å². The molecule has 40 heavy (non-hydrogen) atoms. The zero-order valence-corrected chi connectivity index (χ0v) is 22.7. The Morgan fingerprint density at radius 1 is 1.02 bits per heavy atom. The summed E-state index contributed by atoms with van der Waals surface area (Å²) in [4.78, 5) is 29.9. The van der Waals surface area contributed by atoms with Gasteiger partial charge in [-0.25, -0.2) is 4.68 Å². The summed E-state index contributed by atoms with van der Waals surface area (Å²) in [6.45, 7) is 0.246. The van der Waals surface area contributed by atoms with Crippen molar-refractivity contribution >= 4 is 28.5 Å². The van der Waals surface area contributed by atoms with Crippen LogP contribution in [0.25, 0.3) is 11.0 Å². The Morgan fingerprint density at radius 3 is 2.58 bits per heavy atom. The van der Waals surface area contributed by atoms with E-state index in [-0.39, 0.29) is 30.8 Å². The molecule has 1 aliphatic carbocycles. The lowest BCUT2D eigenvalue weighted by atomic mass is 9.85. The van der Waals surface area contributed by atoms with E-state index in [4.69, 9.17) is 9.47 Å². The van der Waals surface area contributed by atoms with Crippen LogP contribution in [0.15, 0.2) is 84.9 Å². The summed E-state index contributed by atoms with van der Waals surface area (Å²) >= 11 is 0. The van der Waals surface area contributed by atoms with Crippen molar-refractivity contribution in [2.24, 2.45) is 5.92 Å². The molecule has 3 aromatic carbocycles. The summed E-state index contributed by atoms with van der Waals surface area (Å²) in [5, 5.41) is 11.5. The molecule has 1 aromatic heterocycles. The molecule has 0 aliphatic heterocycles. The molecule has 4 aromatic rings. The van der Waals surface area contributed by atoms with Gasteiger partial charge in [0.15, 0.2) is 0 Å². The molecular formula is C31H33N5O4. The zero-order chi connectivity index (χ0) is 27.9. The van der Waals surface area contributed by atoms with Crippen molar-refractivity contribution < 1.29 is 19.1 Å². The van der Waals surface area contributed by atoms with Gasteiger partial charge in [0.05, 0.1) is 25.4 Å². The van der Waals surface area contributed by atoms with Gasteiger partial charge in [-0.15, -0.1) is 5.10 Å². The molecule has 5 rings (SSSR count). The fraction of sp³-hybridized carbons (Fsp3) is 0.290. The molecule has 206 valence electrons. The number of anilines is 1. The van der Waals surface area contributed by atoms with Gasteiger partial charge < -0.3 is 19.7 Å². The molecule has 0 spiro atoms. The molecule has 0 bridgehead atoms. The van der Waals surface area contributed by atoms with E-state index in [1.807, 2.05) is 54.6 Å². The lowest BCUT2D eigenvalue weighted by Gasteiger charge is -2.37. The van der Waals surface area contributed by atoms with Crippen molar-refractivity contribution in [2.45, 2.75) is 38.4 Å². The molecule has 1 heterocycles. The molecule has 9 nitrogen and oxygen atoms in total. The number of allylic oxidation sites excluding steroid dienone is 2. The highest BCUT2D eigenvalue weighted by Gasteiger charge is 2.37. The maximum absolute atomic E-state index is 14.1. The van der Waals surface area contributed by atoms with Gasteiger partial charge in [-0.05, 0) is 55.0 Å². The van der Waals surface area contributed by atoms with E-state index in [1.54, 1.807) is 42.0 Å². The predicted octanol–water partition coefficient (Wildman–Crippen LogP) is 4.84. The number of aromatic nitrogens is 3. The number of hydrogen-bond acceptors (Lipinski definition) is 6. The summed E-state index contributed by atoms with van der Waals surface area (Å²) in [5.74, 6) is 0.552. The fourth-order valence-electron chi connectivity index (χ4n) is 5.20. The van der Waals surface area contributed by atoms with E-state index >= 15 is 0 Å². The topological polar surface area (TPSA) is 98.6 Å². The van der Waals surface area contributed by atoms with Crippen LogP contribution in [-0.2, 0) is 22.7 Å². The Morgan fingerprint density at radius 2 is 1.82 bits per heavy atom. The van der Waals surface area contributed by atoms with E-state index in [9.17, 15) is 9.59 Å². The molecule has 1 N–H and O–H groups in total. The largest absolute Gasteiger partial charge is 0.497 e. The van der Waals surface area contributed by atoms with Crippen LogP contribution in [0.4, 0.5) is 5.69 Å². The second-order valence-corrected chi connectivity index (χ2v) is 9.79. The van der Waals surface area contributed by atoms with Crippen LogP contribution in [-0.4, -0.2) is 52.0 Å². The first-order valence-corrected chi connectivity index (χ1v) is 13.4. The van der Waals surface area contributed by atoms with E-state index in [0.717, 1.165) is 23.9 Å². The Kier molecular flexibility index (Phi) is 8.39. The average Bonchev–Trinajstić information content (AvgIpc) is 3.40. The Hall–Kier alpha value is -4.66. The van der Waals surface area contributed by atoms with Crippen molar-refractivity contribution in [3.05, 3.63) is 90.5 Å². The first-order valence-electron chi connectivity index (χ1n) is 13.4. The molecule has 0 radical (unpaired) electrons. The molecule has 0 saturated heterocycles. The number of fused-ring (bicyclic) bond motifs is 1. The summed E-state index contributed by atoms with van der Waals surface area (Å²) in [7, 11) is 3.12. The van der Waals surface area contributed by atoms with Gasteiger partial charge in [0.2, 0.25) is 11.8 Å². The molecule has 1 aliphatic rings. The predicted molar refractivity (Wildman–Crippen MR) is 153 cm³/mol. The van der Waals surface area contributed by atoms with Crippen LogP contribution >= 0.6 is 0 Å². The van der Waals surface area contributed by atoms with Crippen LogP contribution in [0.3, 0.4) is 0 Å². The quantitative estimate of drug-likeness (QED) is 0.290. The van der Waals surface area contributed by atoms with Crippen LogP contribution in [0.1, 0.15) is 24.8 Å². The summed E-state index contributed by atoms with van der Waals surface area (Å²) < 4.78 is 12.4. The number of carbonyl (C=O) groups excluding carboxylic acids is 2. The van der Waals surface area contributed by atoms with Gasteiger partial charge >= 0.3 is 0 Å². The molecular weight excluding hydrogens is 506 g/mol. The van der Waals surface area contributed by atoms with Gasteiger partial charge in [0, 0.05) is 12.6 Å². The number of carbonyl (C=O) groups is 2. The number of amides is 2. The van der Waals surface area contributed by atoms with Crippen molar-refractivity contribution in [1.82, 2.24) is 19.9 Å². The van der Waals surface area contributed by atoms with Gasteiger partial charge in [-0.1, -0.05) is 59.8 Å². The number of rotatable bonds is 10. The van der Waals surface area contributed by atoms with Gasteiger partial charge in [0.1, 0.15) is 29.6 Å². The maximum atomic E-state index is 14.1. The average molecular weight is 540 g/mol. The minimum atomic E-state index is -0.723. The highest BCUT2D eigenvalue weighted by molar-refractivity contribution is 5.98. The maximum Gasteiger partial charge on any atom is 0.247 e. The third-order valence-electron chi connectivity index (χ3n) is 7.25. The van der Waals surface area contributed by atoms with Crippen molar-refractivity contribution in [1.29, 1.82) is 0 Å². The SMILES string of the molecule is COc1ccc(NC(=O)C(C2CC=CCC2)N(Cc2ccccc2)C(=O)Cn2nnc3ccccc32)c(OC)c1. The molecule has 2 atom stereocenters. The Bertz CT molecular complexity index is 1500. The van der Waals surface area contributed by atoms with Crippen LogP contribution < -0.4 is 14.8 Å². The molecule has 2 unspecified atom stereocenters. The lowest BCUT2D eigenvalue weighted by molar-refractivity contribution is -0.142.